The van der Waals surface area contributed by atoms with Crippen LogP contribution in [-0.2, 0) is 15.5 Å². The van der Waals surface area contributed by atoms with E-state index >= 15 is 4.39 Å². The Morgan fingerprint density at radius 3 is 2.42 bits per heavy atom. The highest BCUT2D eigenvalue weighted by molar-refractivity contribution is 7.96. The van der Waals surface area contributed by atoms with Crippen molar-refractivity contribution in [1.82, 2.24) is 0 Å². The highest BCUT2D eigenvalue weighted by Gasteiger charge is 2.11. The lowest BCUT2D eigenvalue weighted by molar-refractivity contribution is -0.138. The molecule has 0 amide bonds. The molecule has 0 heterocycles. The number of carboxylic acids is 1. The Labute approximate surface area is 193 Å². The molecular weight excluding hydrogens is 435 g/mol. The molecule has 31 heavy (non-hydrogen) atoms. The number of benzene rings is 3. The van der Waals surface area contributed by atoms with Gasteiger partial charge in [0.15, 0.2) is 6.61 Å². The van der Waals surface area contributed by atoms with Gasteiger partial charge in [-0.25, -0.2) is 9.18 Å². The van der Waals surface area contributed by atoms with Crippen molar-refractivity contribution in [3.63, 3.8) is 0 Å². The summed E-state index contributed by atoms with van der Waals surface area (Å²) in [6.45, 7) is 1.96. The number of rotatable bonds is 9. The van der Waals surface area contributed by atoms with E-state index in [-0.39, 0.29) is 25.9 Å². The molecule has 164 valence electrons. The molecule has 0 fully saturated rings. The van der Waals surface area contributed by atoms with E-state index in [1.54, 1.807) is 23.5 Å². The second-order valence-electron chi connectivity index (χ2n) is 6.72. The quantitative estimate of drug-likeness (QED) is 0.319. The number of halogens is 1. The summed E-state index contributed by atoms with van der Waals surface area (Å²) >= 11 is 0.959. The molecule has 0 aliphatic carbocycles. The zero-order chi connectivity index (χ0) is 21.5. The number of aryl methyl sites for hydroxylation is 1. The molecule has 3 aromatic carbocycles. The fourth-order valence-corrected chi connectivity index (χ4v) is 3.50. The fourth-order valence-electron chi connectivity index (χ4n) is 2.98. The van der Waals surface area contributed by atoms with E-state index in [0.29, 0.717) is 17.7 Å². The number of nitrogens with zero attached hydrogens (tertiary/aromatic N) is 1. The second-order valence-corrected chi connectivity index (χ2v) is 7.65. The van der Waals surface area contributed by atoms with Crippen LogP contribution in [0.25, 0.3) is 11.1 Å². The summed E-state index contributed by atoms with van der Waals surface area (Å²) in [6, 6.07) is 20.7. The Morgan fingerprint density at radius 2 is 1.74 bits per heavy atom. The van der Waals surface area contributed by atoms with Crippen molar-refractivity contribution in [3.05, 3.63) is 83.7 Å². The molecule has 0 saturated heterocycles. The Balaban J connectivity index is 0.00000341. The molecule has 5 nitrogen and oxygen atoms in total. The van der Waals surface area contributed by atoms with Crippen LogP contribution in [0.5, 0.6) is 0 Å². The number of carbonyl (C=O) groups is 1. The average Bonchev–Trinajstić information content (AvgIpc) is 2.74. The summed E-state index contributed by atoms with van der Waals surface area (Å²) in [6.07, 6.45) is 0. The van der Waals surface area contributed by atoms with Crippen LogP contribution in [0.15, 0.2) is 66.7 Å². The van der Waals surface area contributed by atoms with Crippen molar-refractivity contribution >= 4 is 43.1 Å². The maximum atomic E-state index is 15.1. The van der Waals surface area contributed by atoms with Crippen LogP contribution < -0.4 is 9.62 Å². The summed E-state index contributed by atoms with van der Waals surface area (Å²) in [5.41, 5.74) is 4.82. The second kappa shape index (κ2) is 11.6. The Hall–Kier alpha value is -2.68. The van der Waals surface area contributed by atoms with E-state index in [9.17, 15) is 4.79 Å². The first-order valence-corrected chi connectivity index (χ1v) is 10.1. The van der Waals surface area contributed by atoms with Gasteiger partial charge in [0, 0.05) is 36.1 Å². The Bertz CT molecular complexity index is 1020. The van der Waals surface area contributed by atoms with Gasteiger partial charge >= 0.3 is 5.97 Å². The van der Waals surface area contributed by atoms with E-state index in [1.807, 2.05) is 61.5 Å². The predicted molar refractivity (Wildman–Crippen MR) is 130 cm³/mol. The first-order valence-electron chi connectivity index (χ1n) is 9.38. The number of hydrogen-bond donors (Lipinski definition) is 2. The third-order valence-electron chi connectivity index (χ3n) is 4.57. The number of hydrogen-bond acceptors (Lipinski definition) is 5. The molecule has 0 aliphatic heterocycles. The lowest BCUT2D eigenvalue weighted by Crippen LogP contribution is -2.11. The van der Waals surface area contributed by atoms with Gasteiger partial charge in [0.05, 0.1) is 0 Å². The minimum atomic E-state index is -1.02. The van der Waals surface area contributed by atoms with Crippen LogP contribution in [0.3, 0.4) is 0 Å². The van der Waals surface area contributed by atoms with E-state index in [1.165, 1.54) is 0 Å². The fraction of sp³-hybridized carbons (Fsp3) is 0.174. The Morgan fingerprint density at radius 1 is 1.06 bits per heavy atom. The molecular formula is C23H25FN2O3S2. The molecule has 0 spiro atoms. The molecule has 0 aliphatic rings. The lowest BCUT2D eigenvalue weighted by atomic mass is 9.98. The van der Waals surface area contributed by atoms with Gasteiger partial charge in [0.25, 0.3) is 0 Å². The minimum absolute atomic E-state index is 0. The van der Waals surface area contributed by atoms with Gasteiger partial charge in [0.1, 0.15) is 18.0 Å². The number of aliphatic carboxylic acids is 1. The number of carboxylic acid groups (broad SMARTS) is 1. The summed E-state index contributed by atoms with van der Waals surface area (Å²) in [4.78, 5) is 10.5. The predicted octanol–water partition coefficient (Wildman–Crippen LogP) is 5.63. The van der Waals surface area contributed by atoms with E-state index in [0.717, 1.165) is 34.7 Å². The van der Waals surface area contributed by atoms with Gasteiger partial charge in [-0.15, -0.1) is 0 Å². The average molecular weight is 461 g/mol. The van der Waals surface area contributed by atoms with Crippen molar-refractivity contribution in [2.24, 2.45) is 0 Å². The van der Waals surface area contributed by atoms with Gasteiger partial charge in [-0.2, -0.15) is 13.5 Å². The molecule has 0 aromatic heterocycles. The van der Waals surface area contributed by atoms with Gasteiger partial charge < -0.3 is 10.4 Å². The zero-order valence-electron chi connectivity index (χ0n) is 17.3. The topological polar surface area (TPSA) is 61.8 Å². The lowest BCUT2D eigenvalue weighted by Gasteiger charge is -2.17. The third kappa shape index (κ3) is 6.65. The van der Waals surface area contributed by atoms with Gasteiger partial charge in [-0.05, 0) is 42.3 Å². The number of nitrogens with one attached hydrogen (secondary N) is 1. The molecule has 0 radical (unpaired) electrons. The Kier molecular flexibility index (Phi) is 9.23. The summed E-state index contributed by atoms with van der Waals surface area (Å²) < 4.78 is 21.8. The van der Waals surface area contributed by atoms with E-state index < -0.39 is 5.97 Å². The van der Waals surface area contributed by atoms with Gasteiger partial charge in [0.2, 0.25) is 0 Å². The van der Waals surface area contributed by atoms with Crippen molar-refractivity contribution in [2.75, 3.05) is 23.3 Å². The third-order valence-corrected chi connectivity index (χ3v) is 5.23. The first-order chi connectivity index (χ1) is 14.5. The number of anilines is 2. The largest absolute Gasteiger partial charge is 0.479 e. The summed E-state index contributed by atoms with van der Waals surface area (Å²) in [5.74, 6) is -1.24. The highest BCUT2D eigenvalue weighted by Crippen LogP contribution is 2.28. The molecule has 0 bridgehead atoms. The van der Waals surface area contributed by atoms with Crippen LogP contribution in [0, 0.1) is 12.7 Å². The van der Waals surface area contributed by atoms with Crippen LogP contribution in [0.2, 0.25) is 0 Å². The van der Waals surface area contributed by atoms with Crippen molar-refractivity contribution in [1.29, 1.82) is 0 Å². The summed E-state index contributed by atoms with van der Waals surface area (Å²) in [5, 5.41) is 11.9. The molecule has 8 heteroatoms. The van der Waals surface area contributed by atoms with Crippen LogP contribution >= 0.6 is 25.7 Å². The van der Waals surface area contributed by atoms with Crippen LogP contribution in [-0.4, -0.2) is 24.7 Å². The first kappa shape index (κ1) is 24.6. The van der Waals surface area contributed by atoms with Crippen molar-refractivity contribution < 1.29 is 18.5 Å². The van der Waals surface area contributed by atoms with Crippen LogP contribution in [0.1, 0.15) is 11.1 Å². The maximum Gasteiger partial charge on any atom is 0.331 e. The highest BCUT2D eigenvalue weighted by atomic mass is 32.2. The molecule has 0 unspecified atom stereocenters. The zero-order valence-corrected chi connectivity index (χ0v) is 19.1. The van der Waals surface area contributed by atoms with Gasteiger partial charge in [-0.3, -0.25) is 8.49 Å². The SMILES string of the molecule is Cc1ccccc1-c1cccc(CNc2ccc(N(C)SOCC(=O)O)cc2)c1F.S. The molecule has 0 atom stereocenters. The summed E-state index contributed by atoms with van der Waals surface area (Å²) in [7, 11) is 1.78. The maximum absolute atomic E-state index is 15.1. The van der Waals surface area contributed by atoms with Gasteiger partial charge in [-0.1, -0.05) is 42.5 Å². The normalized spacial score (nSPS) is 10.3. The van der Waals surface area contributed by atoms with Crippen LogP contribution in [0.4, 0.5) is 15.8 Å². The van der Waals surface area contributed by atoms with E-state index in [2.05, 4.69) is 5.32 Å². The smallest absolute Gasteiger partial charge is 0.331 e. The van der Waals surface area contributed by atoms with Crippen molar-refractivity contribution in [2.45, 2.75) is 13.5 Å². The van der Waals surface area contributed by atoms with E-state index in [4.69, 9.17) is 9.29 Å². The minimum Gasteiger partial charge on any atom is -0.479 e. The standard InChI is InChI=1S/C23H23FN2O3S.H2S/c1-16-6-3-4-8-20(16)21-9-5-7-17(23(21)24)14-25-18-10-12-19(13-11-18)26(2)30-29-15-22(27)28;/h3-13,25H,14-15H2,1-2H3,(H,27,28);1H2. The monoisotopic (exact) mass is 460 g/mol. The molecule has 2 N–H and O–H groups in total. The van der Waals surface area contributed by atoms with Crippen molar-refractivity contribution in [3.8, 4) is 11.1 Å². The molecule has 0 saturated carbocycles. The molecule has 3 aromatic rings. The molecule has 3 rings (SSSR count).